The fraction of sp³-hybridized carbons (Fsp3) is 0.250. The van der Waals surface area contributed by atoms with Gasteiger partial charge in [-0.05, 0) is 12.1 Å². The van der Waals surface area contributed by atoms with Crippen molar-refractivity contribution in [3.05, 3.63) is 29.8 Å². The highest BCUT2D eigenvalue weighted by molar-refractivity contribution is 8.13. The molecule has 0 aromatic heterocycles. The van der Waals surface area contributed by atoms with Gasteiger partial charge in [0.2, 0.25) is 5.50 Å². The van der Waals surface area contributed by atoms with Gasteiger partial charge in [-0.1, -0.05) is 12.1 Å². The van der Waals surface area contributed by atoms with E-state index in [4.69, 9.17) is 15.4 Å². The fourth-order valence-corrected chi connectivity index (χ4v) is 1.71. The molecule has 0 radical (unpaired) electrons. The third-order valence-electron chi connectivity index (χ3n) is 1.63. The normalized spacial score (nSPS) is 13.6. The molecule has 6 heteroatoms. The van der Waals surface area contributed by atoms with Gasteiger partial charge in [0, 0.05) is 16.2 Å². The van der Waals surface area contributed by atoms with E-state index in [-0.39, 0.29) is 5.56 Å². The van der Waals surface area contributed by atoms with E-state index in [1.807, 2.05) is 0 Å². The quantitative estimate of drug-likeness (QED) is 0.759. The average molecular weight is 239 g/mol. The molecule has 3 nitrogen and oxygen atoms in total. The number of alkyl halides is 1. The molecule has 14 heavy (non-hydrogen) atoms. The molecule has 78 valence electrons. The Labute approximate surface area is 85.9 Å². The maximum absolute atomic E-state index is 13.1. The summed E-state index contributed by atoms with van der Waals surface area (Å²) in [6, 6.07) is 5.54. The van der Waals surface area contributed by atoms with Crippen LogP contribution in [-0.2, 0) is 9.05 Å². The minimum absolute atomic E-state index is 0.0131. The van der Waals surface area contributed by atoms with Gasteiger partial charge in [-0.3, -0.25) is 0 Å². The molecule has 0 N–H and O–H groups in total. The molecule has 0 spiro atoms. The Morgan fingerprint density at radius 2 is 1.86 bits per heavy atom. The van der Waals surface area contributed by atoms with E-state index in [1.54, 1.807) is 0 Å². The molecular formula is C8H8ClFO3S. The summed E-state index contributed by atoms with van der Waals surface area (Å²) < 4.78 is 39.2. The average Bonchev–Trinajstić information content (AvgIpc) is 2.15. The third kappa shape index (κ3) is 2.59. The van der Waals surface area contributed by atoms with E-state index < -0.39 is 14.6 Å². The number of hydrogen-bond acceptors (Lipinski definition) is 3. The van der Waals surface area contributed by atoms with Crippen molar-refractivity contribution in [2.45, 2.75) is 5.50 Å². The third-order valence-corrected chi connectivity index (χ3v) is 2.86. The molecule has 0 saturated carbocycles. The summed E-state index contributed by atoms with van der Waals surface area (Å²) >= 11 is 0. The van der Waals surface area contributed by atoms with Crippen molar-refractivity contribution in [2.75, 3.05) is 7.11 Å². The van der Waals surface area contributed by atoms with Crippen LogP contribution in [0.1, 0.15) is 11.1 Å². The number of methoxy groups -OCH3 is 1. The van der Waals surface area contributed by atoms with Crippen LogP contribution in [0.25, 0.3) is 0 Å². The predicted molar refractivity (Wildman–Crippen MR) is 51.6 cm³/mol. The van der Waals surface area contributed by atoms with Crippen molar-refractivity contribution < 1.29 is 17.5 Å². The highest BCUT2D eigenvalue weighted by Gasteiger charge is 2.23. The molecule has 0 aliphatic carbocycles. The van der Waals surface area contributed by atoms with Crippen molar-refractivity contribution in [1.29, 1.82) is 0 Å². The SMILES string of the molecule is COc1ccc(C(F)S(=O)(=O)Cl)cc1. The highest BCUT2D eigenvalue weighted by Crippen LogP contribution is 2.28. The molecule has 0 amide bonds. The summed E-state index contributed by atoms with van der Waals surface area (Å²) in [6.07, 6.45) is 0. The molecule has 1 atom stereocenters. The van der Waals surface area contributed by atoms with Gasteiger partial charge in [-0.2, -0.15) is 0 Å². The van der Waals surface area contributed by atoms with E-state index >= 15 is 0 Å². The molecule has 0 aliphatic rings. The summed E-state index contributed by atoms with van der Waals surface area (Å²) in [5.74, 6) is 0.521. The van der Waals surface area contributed by atoms with Crippen molar-refractivity contribution in [1.82, 2.24) is 0 Å². The maximum atomic E-state index is 13.1. The van der Waals surface area contributed by atoms with Gasteiger partial charge < -0.3 is 4.74 Å². The molecule has 0 saturated heterocycles. The van der Waals surface area contributed by atoms with Gasteiger partial charge in [0.1, 0.15) is 5.75 Å². The summed E-state index contributed by atoms with van der Waals surface area (Å²) in [5, 5.41) is 0. The van der Waals surface area contributed by atoms with E-state index in [9.17, 15) is 12.8 Å². The van der Waals surface area contributed by atoms with Crippen molar-refractivity contribution in [3.8, 4) is 5.75 Å². The molecule has 0 bridgehead atoms. The lowest BCUT2D eigenvalue weighted by Gasteiger charge is -2.05. The topological polar surface area (TPSA) is 43.4 Å². The Morgan fingerprint density at radius 3 is 2.21 bits per heavy atom. The number of rotatable bonds is 3. The Bertz CT molecular complexity index is 401. The second kappa shape index (κ2) is 4.14. The van der Waals surface area contributed by atoms with Crippen LogP contribution in [-0.4, -0.2) is 15.5 Å². The molecule has 0 aliphatic heterocycles. The predicted octanol–water partition coefficient (Wildman–Crippen LogP) is 2.23. The van der Waals surface area contributed by atoms with Crippen molar-refractivity contribution in [3.63, 3.8) is 0 Å². The minimum atomic E-state index is -4.21. The first-order valence-corrected chi connectivity index (χ1v) is 6.04. The van der Waals surface area contributed by atoms with E-state index in [0.717, 1.165) is 0 Å². The number of halogens is 2. The van der Waals surface area contributed by atoms with Crippen LogP contribution >= 0.6 is 10.7 Å². The van der Waals surface area contributed by atoms with Crippen molar-refractivity contribution in [2.24, 2.45) is 0 Å². The Hall–Kier alpha value is -0.810. The minimum Gasteiger partial charge on any atom is -0.497 e. The molecule has 1 aromatic carbocycles. The Morgan fingerprint density at radius 1 is 1.36 bits per heavy atom. The highest BCUT2D eigenvalue weighted by atomic mass is 35.7. The van der Waals surface area contributed by atoms with Crippen molar-refractivity contribution >= 4 is 19.7 Å². The molecule has 0 heterocycles. The fourth-order valence-electron chi connectivity index (χ4n) is 0.918. The lowest BCUT2D eigenvalue weighted by Crippen LogP contribution is -2.00. The number of hydrogen-bond donors (Lipinski definition) is 0. The van der Waals surface area contributed by atoms with Gasteiger partial charge in [0.15, 0.2) is 0 Å². The molecule has 0 fully saturated rings. The van der Waals surface area contributed by atoms with Crippen LogP contribution in [0.15, 0.2) is 24.3 Å². The van der Waals surface area contributed by atoms with Crippen LogP contribution in [0.3, 0.4) is 0 Å². The van der Waals surface area contributed by atoms with Gasteiger partial charge in [-0.15, -0.1) is 0 Å². The monoisotopic (exact) mass is 238 g/mol. The first-order chi connectivity index (χ1) is 6.45. The standard InChI is InChI=1S/C8H8ClFO3S/c1-13-7-4-2-6(3-5-7)8(10)14(9,11)12/h2-5,8H,1H3. The lowest BCUT2D eigenvalue weighted by molar-refractivity contribution is 0.412. The molecule has 1 unspecified atom stereocenters. The largest absolute Gasteiger partial charge is 0.497 e. The molecule has 1 aromatic rings. The maximum Gasteiger partial charge on any atom is 0.269 e. The Balaban J connectivity index is 2.98. The summed E-state index contributed by atoms with van der Waals surface area (Å²) in [5.41, 5.74) is -2.21. The van der Waals surface area contributed by atoms with Crippen LogP contribution in [0, 0.1) is 0 Å². The van der Waals surface area contributed by atoms with Gasteiger partial charge in [0.05, 0.1) is 7.11 Å². The number of ether oxygens (including phenoxy) is 1. The van der Waals surface area contributed by atoms with E-state index in [2.05, 4.69) is 0 Å². The Kier molecular flexibility index (Phi) is 3.34. The van der Waals surface area contributed by atoms with Crippen LogP contribution in [0.2, 0.25) is 0 Å². The summed E-state index contributed by atoms with van der Waals surface area (Å²) in [4.78, 5) is 0. The molecular weight excluding hydrogens is 231 g/mol. The van der Waals surface area contributed by atoms with Crippen LogP contribution < -0.4 is 4.74 Å². The second-order valence-electron chi connectivity index (χ2n) is 2.56. The smallest absolute Gasteiger partial charge is 0.269 e. The van der Waals surface area contributed by atoms with Crippen LogP contribution in [0.4, 0.5) is 4.39 Å². The summed E-state index contributed by atoms with van der Waals surface area (Å²) in [6.45, 7) is 0. The van der Waals surface area contributed by atoms with Gasteiger partial charge in [0.25, 0.3) is 9.05 Å². The van der Waals surface area contributed by atoms with Gasteiger partial charge >= 0.3 is 0 Å². The van der Waals surface area contributed by atoms with E-state index in [1.165, 1.54) is 31.4 Å². The first kappa shape index (κ1) is 11.3. The molecule has 1 rings (SSSR count). The zero-order valence-corrected chi connectivity index (χ0v) is 8.85. The zero-order valence-electron chi connectivity index (χ0n) is 7.28. The van der Waals surface area contributed by atoms with E-state index in [0.29, 0.717) is 5.75 Å². The second-order valence-corrected chi connectivity index (χ2v) is 5.22. The lowest BCUT2D eigenvalue weighted by atomic mass is 10.2. The number of benzene rings is 1. The zero-order chi connectivity index (χ0) is 10.8. The summed E-state index contributed by atoms with van der Waals surface area (Å²) in [7, 11) is 2.11. The van der Waals surface area contributed by atoms with Crippen LogP contribution in [0.5, 0.6) is 5.75 Å². The van der Waals surface area contributed by atoms with Gasteiger partial charge in [-0.25, -0.2) is 12.8 Å². The first-order valence-electron chi connectivity index (χ1n) is 3.66.